The van der Waals surface area contributed by atoms with Crippen molar-refractivity contribution in [3.8, 4) is 0 Å². The predicted molar refractivity (Wildman–Crippen MR) is 46.2 cm³/mol. The average molecular weight is 186 g/mol. The number of nitrogens with one attached hydrogen (secondary N) is 2. The Bertz CT molecular complexity index is 200. The summed E-state index contributed by atoms with van der Waals surface area (Å²) in [6, 6.07) is -0.232. The number of rotatable bonds is 2. The van der Waals surface area contributed by atoms with Crippen LogP contribution in [0.2, 0.25) is 0 Å². The van der Waals surface area contributed by atoms with Gasteiger partial charge in [-0.2, -0.15) is 0 Å². The van der Waals surface area contributed by atoms with Crippen LogP contribution in [-0.4, -0.2) is 31.2 Å². The molecule has 0 radical (unpaired) electrons. The maximum Gasteiger partial charge on any atom is 0.413 e. The summed E-state index contributed by atoms with van der Waals surface area (Å²) in [5, 5.41) is 5.14. The zero-order valence-electron chi connectivity index (χ0n) is 7.63. The van der Waals surface area contributed by atoms with Gasteiger partial charge in [0.15, 0.2) is 0 Å². The fraction of sp³-hybridized carbons (Fsp3) is 0.750. The Morgan fingerprint density at radius 1 is 1.62 bits per heavy atom. The van der Waals surface area contributed by atoms with Crippen molar-refractivity contribution < 1.29 is 14.3 Å². The van der Waals surface area contributed by atoms with Gasteiger partial charge in [-0.15, -0.1) is 0 Å². The van der Waals surface area contributed by atoms with Gasteiger partial charge < -0.3 is 10.1 Å². The summed E-state index contributed by atoms with van der Waals surface area (Å²) in [5.41, 5.74) is 0. The molecule has 2 amide bonds. The Hall–Kier alpha value is -1.10. The van der Waals surface area contributed by atoms with Crippen LogP contribution in [0.5, 0.6) is 0 Å². The molecule has 74 valence electrons. The summed E-state index contributed by atoms with van der Waals surface area (Å²) in [5.74, 6) is -0.295. The van der Waals surface area contributed by atoms with Crippen molar-refractivity contribution in [2.75, 3.05) is 13.2 Å². The fourth-order valence-corrected chi connectivity index (χ4v) is 1.26. The molecule has 1 fully saturated rings. The first-order valence-corrected chi connectivity index (χ1v) is 4.45. The highest BCUT2D eigenvalue weighted by atomic mass is 16.5. The number of ether oxygens (including phenoxy) is 1. The molecule has 0 saturated carbocycles. The van der Waals surface area contributed by atoms with Crippen LogP contribution in [0, 0.1) is 0 Å². The van der Waals surface area contributed by atoms with Gasteiger partial charge >= 0.3 is 6.09 Å². The molecule has 0 unspecified atom stereocenters. The molecule has 5 nitrogen and oxygen atoms in total. The number of carbonyl (C=O) groups is 2. The molecule has 1 aliphatic heterocycles. The SMILES string of the molecule is CCOC(=O)NC(=O)[C@@H]1CCCN1. The minimum atomic E-state index is -0.666. The molecule has 0 aromatic heterocycles. The molecule has 1 atom stereocenters. The largest absolute Gasteiger partial charge is 0.450 e. The Kier molecular flexibility index (Phi) is 3.70. The third kappa shape index (κ3) is 3.02. The standard InChI is InChI=1S/C8H14N2O3/c1-2-13-8(12)10-7(11)6-4-3-5-9-6/h6,9H,2-5H2,1H3,(H,10,11,12)/t6-/m0/s1. The van der Waals surface area contributed by atoms with Gasteiger partial charge in [-0.05, 0) is 26.3 Å². The smallest absolute Gasteiger partial charge is 0.413 e. The maximum atomic E-state index is 11.3. The van der Waals surface area contributed by atoms with Crippen LogP contribution in [0.4, 0.5) is 4.79 Å². The van der Waals surface area contributed by atoms with E-state index in [9.17, 15) is 9.59 Å². The van der Waals surface area contributed by atoms with E-state index in [2.05, 4.69) is 15.4 Å². The van der Waals surface area contributed by atoms with E-state index in [1.807, 2.05) is 0 Å². The number of hydrogen-bond donors (Lipinski definition) is 2. The van der Waals surface area contributed by atoms with Gasteiger partial charge in [-0.3, -0.25) is 10.1 Å². The van der Waals surface area contributed by atoms with E-state index >= 15 is 0 Å². The summed E-state index contributed by atoms with van der Waals surface area (Å²) in [4.78, 5) is 22.1. The minimum absolute atomic E-state index is 0.232. The average Bonchev–Trinajstić information content (AvgIpc) is 2.55. The molecular formula is C8H14N2O3. The highest BCUT2D eigenvalue weighted by molar-refractivity contribution is 5.94. The van der Waals surface area contributed by atoms with Gasteiger partial charge in [0.1, 0.15) is 0 Å². The van der Waals surface area contributed by atoms with Crippen LogP contribution in [0.25, 0.3) is 0 Å². The van der Waals surface area contributed by atoms with Gasteiger partial charge in [-0.25, -0.2) is 4.79 Å². The van der Waals surface area contributed by atoms with Crippen molar-refractivity contribution in [3.63, 3.8) is 0 Å². The molecule has 1 rings (SSSR count). The molecular weight excluding hydrogens is 172 g/mol. The van der Waals surface area contributed by atoms with E-state index in [0.29, 0.717) is 0 Å². The molecule has 1 saturated heterocycles. The van der Waals surface area contributed by atoms with Gasteiger partial charge in [0.25, 0.3) is 0 Å². The molecule has 0 aliphatic carbocycles. The van der Waals surface area contributed by atoms with Crippen molar-refractivity contribution in [3.05, 3.63) is 0 Å². The molecule has 5 heteroatoms. The molecule has 0 aromatic rings. The first-order valence-electron chi connectivity index (χ1n) is 4.45. The maximum absolute atomic E-state index is 11.3. The zero-order valence-corrected chi connectivity index (χ0v) is 7.63. The molecule has 13 heavy (non-hydrogen) atoms. The first-order chi connectivity index (χ1) is 6.24. The Labute approximate surface area is 76.8 Å². The second kappa shape index (κ2) is 4.81. The van der Waals surface area contributed by atoms with Gasteiger partial charge in [0, 0.05) is 0 Å². The molecule has 0 bridgehead atoms. The summed E-state index contributed by atoms with van der Waals surface area (Å²) in [6.07, 6.45) is 1.09. The number of alkyl carbamates (subject to hydrolysis) is 1. The molecule has 1 heterocycles. The van der Waals surface area contributed by atoms with Crippen LogP contribution in [0.1, 0.15) is 19.8 Å². The highest BCUT2D eigenvalue weighted by Crippen LogP contribution is 2.04. The molecule has 0 spiro atoms. The lowest BCUT2D eigenvalue weighted by Gasteiger charge is -2.09. The zero-order chi connectivity index (χ0) is 9.68. The number of amides is 2. The minimum Gasteiger partial charge on any atom is -0.450 e. The monoisotopic (exact) mass is 186 g/mol. The molecule has 2 N–H and O–H groups in total. The lowest BCUT2D eigenvalue weighted by molar-refractivity contribution is -0.122. The predicted octanol–water partition coefficient (Wildman–Crippen LogP) is 0.0111. The third-order valence-corrected chi connectivity index (χ3v) is 1.88. The van der Waals surface area contributed by atoms with Crippen LogP contribution in [-0.2, 0) is 9.53 Å². The Balaban J connectivity index is 2.27. The van der Waals surface area contributed by atoms with Gasteiger partial charge in [-0.1, -0.05) is 0 Å². The van der Waals surface area contributed by atoms with Crippen LogP contribution < -0.4 is 10.6 Å². The van der Waals surface area contributed by atoms with Crippen molar-refractivity contribution in [2.45, 2.75) is 25.8 Å². The van der Waals surface area contributed by atoms with E-state index in [0.717, 1.165) is 19.4 Å². The molecule has 1 aliphatic rings. The van der Waals surface area contributed by atoms with Crippen molar-refractivity contribution in [1.82, 2.24) is 10.6 Å². The van der Waals surface area contributed by atoms with E-state index < -0.39 is 6.09 Å². The van der Waals surface area contributed by atoms with Crippen LogP contribution >= 0.6 is 0 Å². The summed E-state index contributed by atoms with van der Waals surface area (Å²) >= 11 is 0. The Morgan fingerprint density at radius 2 is 2.38 bits per heavy atom. The topological polar surface area (TPSA) is 67.4 Å². The van der Waals surface area contributed by atoms with Gasteiger partial charge in [0.2, 0.25) is 5.91 Å². The normalized spacial score (nSPS) is 21.2. The summed E-state index contributed by atoms with van der Waals surface area (Å²) in [7, 11) is 0. The van der Waals surface area contributed by atoms with Crippen molar-refractivity contribution in [1.29, 1.82) is 0 Å². The first kappa shape index (κ1) is 9.98. The summed E-state index contributed by atoms with van der Waals surface area (Å²) < 4.78 is 4.57. The second-order valence-electron chi connectivity index (χ2n) is 2.86. The highest BCUT2D eigenvalue weighted by Gasteiger charge is 2.23. The van der Waals surface area contributed by atoms with E-state index in [-0.39, 0.29) is 18.6 Å². The number of hydrogen-bond acceptors (Lipinski definition) is 4. The number of carbonyl (C=O) groups excluding carboxylic acids is 2. The lowest BCUT2D eigenvalue weighted by atomic mass is 10.2. The Morgan fingerprint density at radius 3 is 2.92 bits per heavy atom. The van der Waals surface area contributed by atoms with Crippen molar-refractivity contribution >= 4 is 12.0 Å². The quantitative estimate of drug-likeness (QED) is 0.637. The van der Waals surface area contributed by atoms with Crippen LogP contribution in [0.3, 0.4) is 0 Å². The number of imide groups is 1. The van der Waals surface area contributed by atoms with Crippen LogP contribution in [0.15, 0.2) is 0 Å². The fourth-order valence-electron chi connectivity index (χ4n) is 1.26. The van der Waals surface area contributed by atoms with Gasteiger partial charge in [0.05, 0.1) is 12.6 Å². The van der Waals surface area contributed by atoms with E-state index in [1.165, 1.54) is 0 Å². The summed E-state index contributed by atoms with van der Waals surface area (Å²) in [6.45, 7) is 2.80. The molecule has 0 aromatic carbocycles. The lowest BCUT2D eigenvalue weighted by Crippen LogP contribution is -2.43. The van der Waals surface area contributed by atoms with E-state index in [4.69, 9.17) is 0 Å². The van der Waals surface area contributed by atoms with Crippen molar-refractivity contribution in [2.24, 2.45) is 0 Å². The third-order valence-electron chi connectivity index (χ3n) is 1.88. The second-order valence-corrected chi connectivity index (χ2v) is 2.86. The van der Waals surface area contributed by atoms with E-state index in [1.54, 1.807) is 6.92 Å².